The molecule has 0 saturated carbocycles. The van der Waals surface area contributed by atoms with E-state index in [4.69, 9.17) is 0 Å². The SMILES string of the molecule is CNC(C)(CCCN1CCc2ccccc21)C(=O)O. The van der Waals surface area contributed by atoms with Crippen LogP contribution in [0.2, 0.25) is 0 Å². The molecule has 1 atom stereocenters. The molecule has 1 aromatic rings. The van der Waals surface area contributed by atoms with Crippen LogP contribution in [0.3, 0.4) is 0 Å². The number of likely N-dealkylation sites (N-methyl/N-ethyl adjacent to an activating group) is 1. The zero-order valence-electron chi connectivity index (χ0n) is 11.6. The van der Waals surface area contributed by atoms with Crippen LogP contribution in [-0.2, 0) is 11.2 Å². The van der Waals surface area contributed by atoms with Crippen molar-refractivity contribution in [3.63, 3.8) is 0 Å². The van der Waals surface area contributed by atoms with Crippen molar-refractivity contribution in [1.82, 2.24) is 5.32 Å². The molecule has 4 nitrogen and oxygen atoms in total. The van der Waals surface area contributed by atoms with E-state index in [-0.39, 0.29) is 0 Å². The minimum absolute atomic E-state index is 0.636. The smallest absolute Gasteiger partial charge is 0.323 e. The first-order valence-electron chi connectivity index (χ1n) is 6.82. The predicted octanol–water partition coefficient (Wildman–Crippen LogP) is 1.89. The standard InChI is InChI=1S/C15H22N2O2/c1-15(16-2,14(18)19)9-5-10-17-11-8-12-6-3-4-7-13(12)17/h3-4,6-7,16H,5,8-11H2,1-2H3,(H,18,19). The summed E-state index contributed by atoms with van der Waals surface area (Å²) in [4.78, 5) is 13.6. The summed E-state index contributed by atoms with van der Waals surface area (Å²) in [6.45, 7) is 3.71. The van der Waals surface area contributed by atoms with Crippen molar-refractivity contribution in [1.29, 1.82) is 0 Å². The maximum atomic E-state index is 11.2. The van der Waals surface area contributed by atoms with Gasteiger partial charge in [0.1, 0.15) is 5.54 Å². The number of para-hydroxylation sites is 1. The van der Waals surface area contributed by atoms with Gasteiger partial charge in [0.05, 0.1) is 0 Å². The van der Waals surface area contributed by atoms with E-state index in [1.807, 2.05) is 0 Å². The topological polar surface area (TPSA) is 52.6 Å². The van der Waals surface area contributed by atoms with Gasteiger partial charge in [0.15, 0.2) is 0 Å². The number of nitrogens with zero attached hydrogens (tertiary/aromatic N) is 1. The summed E-state index contributed by atoms with van der Waals surface area (Å²) in [6, 6.07) is 8.46. The predicted molar refractivity (Wildman–Crippen MR) is 76.7 cm³/mol. The van der Waals surface area contributed by atoms with Gasteiger partial charge < -0.3 is 15.3 Å². The van der Waals surface area contributed by atoms with Gasteiger partial charge in [-0.25, -0.2) is 0 Å². The molecule has 1 aromatic carbocycles. The Labute approximate surface area is 114 Å². The first-order valence-corrected chi connectivity index (χ1v) is 6.82. The van der Waals surface area contributed by atoms with Crippen LogP contribution < -0.4 is 10.2 Å². The number of carboxylic acids is 1. The molecule has 0 aromatic heterocycles. The number of nitrogens with one attached hydrogen (secondary N) is 1. The Balaban J connectivity index is 1.89. The van der Waals surface area contributed by atoms with Crippen molar-refractivity contribution in [2.24, 2.45) is 0 Å². The second-order valence-corrected chi connectivity index (χ2v) is 5.36. The van der Waals surface area contributed by atoms with Crippen LogP contribution in [-0.4, -0.2) is 36.8 Å². The van der Waals surface area contributed by atoms with Crippen LogP contribution in [0, 0.1) is 0 Å². The van der Waals surface area contributed by atoms with Crippen LogP contribution in [0.4, 0.5) is 5.69 Å². The van der Waals surface area contributed by atoms with Crippen molar-refractivity contribution in [2.45, 2.75) is 31.7 Å². The molecule has 1 aliphatic rings. The molecule has 4 heteroatoms. The van der Waals surface area contributed by atoms with Crippen molar-refractivity contribution in [3.05, 3.63) is 29.8 Å². The molecule has 104 valence electrons. The second-order valence-electron chi connectivity index (χ2n) is 5.36. The van der Waals surface area contributed by atoms with Gasteiger partial charge in [-0.05, 0) is 44.9 Å². The van der Waals surface area contributed by atoms with Gasteiger partial charge in [0.25, 0.3) is 0 Å². The van der Waals surface area contributed by atoms with E-state index in [1.165, 1.54) is 11.3 Å². The zero-order chi connectivity index (χ0) is 13.9. The number of carboxylic acid groups (broad SMARTS) is 1. The first kappa shape index (κ1) is 13.9. The second kappa shape index (κ2) is 5.61. The molecule has 0 amide bonds. The van der Waals surface area contributed by atoms with Crippen LogP contribution in [0.25, 0.3) is 0 Å². The molecule has 1 unspecified atom stereocenters. The third-order valence-electron chi connectivity index (χ3n) is 4.11. The number of rotatable bonds is 6. The van der Waals surface area contributed by atoms with Crippen LogP contribution in [0.15, 0.2) is 24.3 Å². The molecule has 2 N–H and O–H groups in total. The lowest BCUT2D eigenvalue weighted by atomic mass is 9.96. The Morgan fingerprint density at radius 1 is 1.47 bits per heavy atom. The Morgan fingerprint density at radius 2 is 2.21 bits per heavy atom. The largest absolute Gasteiger partial charge is 0.480 e. The van der Waals surface area contributed by atoms with Gasteiger partial charge in [-0.15, -0.1) is 0 Å². The quantitative estimate of drug-likeness (QED) is 0.822. The van der Waals surface area contributed by atoms with E-state index in [1.54, 1.807) is 14.0 Å². The van der Waals surface area contributed by atoms with Gasteiger partial charge in [-0.3, -0.25) is 4.79 Å². The van der Waals surface area contributed by atoms with Gasteiger partial charge in [0.2, 0.25) is 0 Å². The van der Waals surface area contributed by atoms with Crippen molar-refractivity contribution in [2.75, 3.05) is 25.0 Å². The van der Waals surface area contributed by atoms with Crippen LogP contribution in [0.5, 0.6) is 0 Å². The Hall–Kier alpha value is -1.55. The average molecular weight is 262 g/mol. The van der Waals surface area contributed by atoms with Crippen molar-refractivity contribution >= 4 is 11.7 Å². The third kappa shape index (κ3) is 2.89. The number of fused-ring (bicyclic) bond motifs is 1. The molecule has 0 aliphatic carbocycles. The van der Waals surface area contributed by atoms with E-state index in [9.17, 15) is 9.90 Å². The Bertz CT molecular complexity index is 461. The van der Waals surface area contributed by atoms with Gasteiger partial charge in [-0.2, -0.15) is 0 Å². The summed E-state index contributed by atoms with van der Waals surface area (Å²) in [5, 5.41) is 12.1. The minimum atomic E-state index is -0.820. The molecular weight excluding hydrogens is 240 g/mol. The lowest BCUT2D eigenvalue weighted by Gasteiger charge is -2.26. The normalized spacial score (nSPS) is 17.1. The lowest BCUT2D eigenvalue weighted by molar-refractivity contribution is -0.144. The molecule has 1 heterocycles. The molecule has 0 radical (unpaired) electrons. The third-order valence-corrected chi connectivity index (χ3v) is 4.11. The van der Waals surface area contributed by atoms with Crippen molar-refractivity contribution < 1.29 is 9.90 Å². The highest BCUT2D eigenvalue weighted by Gasteiger charge is 2.30. The number of hydrogen-bond donors (Lipinski definition) is 2. The molecular formula is C15H22N2O2. The molecule has 0 saturated heterocycles. The number of carbonyl (C=O) groups is 1. The summed E-state index contributed by atoms with van der Waals surface area (Å²) in [7, 11) is 1.71. The number of hydrogen-bond acceptors (Lipinski definition) is 3. The minimum Gasteiger partial charge on any atom is -0.480 e. The molecule has 0 fully saturated rings. The summed E-state index contributed by atoms with van der Waals surface area (Å²) < 4.78 is 0. The van der Waals surface area contributed by atoms with Crippen molar-refractivity contribution in [3.8, 4) is 0 Å². The van der Waals surface area contributed by atoms with Crippen LogP contribution >= 0.6 is 0 Å². The highest BCUT2D eigenvalue weighted by Crippen LogP contribution is 2.27. The maximum Gasteiger partial charge on any atom is 0.323 e. The maximum absolute atomic E-state index is 11.2. The molecule has 0 bridgehead atoms. The van der Waals surface area contributed by atoms with E-state index >= 15 is 0 Å². The Morgan fingerprint density at radius 3 is 2.89 bits per heavy atom. The highest BCUT2D eigenvalue weighted by atomic mass is 16.4. The molecule has 1 aliphatic heterocycles. The highest BCUT2D eigenvalue weighted by molar-refractivity contribution is 5.78. The summed E-state index contributed by atoms with van der Waals surface area (Å²) in [6.07, 6.45) is 2.61. The fourth-order valence-corrected chi connectivity index (χ4v) is 2.60. The summed E-state index contributed by atoms with van der Waals surface area (Å²) in [5.41, 5.74) is 1.89. The molecule has 0 spiro atoms. The fourth-order valence-electron chi connectivity index (χ4n) is 2.60. The van der Waals surface area contributed by atoms with E-state index < -0.39 is 11.5 Å². The van der Waals surface area contributed by atoms with Gasteiger partial charge in [-0.1, -0.05) is 18.2 Å². The molecule has 2 rings (SSSR count). The summed E-state index contributed by atoms with van der Waals surface area (Å²) >= 11 is 0. The Kier molecular flexibility index (Phi) is 4.10. The number of anilines is 1. The first-order chi connectivity index (χ1) is 9.07. The van der Waals surface area contributed by atoms with E-state index in [2.05, 4.69) is 34.5 Å². The summed E-state index contributed by atoms with van der Waals surface area (Å²) in [5.74, 6) is -0.781. The fraction of sp³-hybridized carbons (Fsp3) is 0.533. The van der Waals surface area contributed by atoms with Gasteiger partial charge in [0, 0.05) is 18.8 Å². The number of aliphatic carboxylic acids is 1. The van der Waals surface area contributed by atoms with Gasteiger partial charge >= 0.3 is 5.97 Å². The van der Waals surface area contributed by atoms with E-state index in [0.29, 0.717) is 6.42 Å². The lowest BCUT2D eigenvalue weighted by Crippen LogP contribution is -2.47. The average Bonchev–Trinajstić information content (AvgIpc) is 2.82. The molecule has 19 heavy (non-hydrogen) atoms. The van der Waals surface area contributed by atoms with Crippen LogP contribution in [0.1, 0.15) is 25.3 Å². The van der Waals surface area contributed by atoms with E-state index in [0.717, 1.165) is 25.9 Å². The zero-order valence-corrected chi connectivity index (χ0v) is 11.6. The monoisotopic (exact) mass is 262 g/mol. The number of benzene rings is 1.